The van der Waals surface area contributed by atoms with E-state index in [1.165, 1.54) is 4.90 Å². The van der Waals surface area contributed by atoms with Gasteiger partial charge in [0.05, 0.1) is 9.82 Å². The zero-order valence-electron chi connectivity index (χ0n) is 18.5. The molecule has 0 saturated carbocycles. The summed E-state index contributed by atoms with van der Waals surface area (Å²) >= 11 is 0. The van der Waals surface area contributed by atoms with Gasteiger partial charge < -0.3 is 4.90 Å². The topological polar surface area (TPSA) is 140 Å². The van der Waals surface area contributed by atoms with Gasteiger partial charge >= 0.3 is 0 Å². The van der Waals surface area contributed by atoms with Crippen molar-refractivity contribution in [1.82, 2.24) is 14.3 Å². The molecular weight excluding hydrogens is 458 g/mol. The van der Waals surface area contributed by atoms with Crippen LogP contribution in [0.15, 0.2) is 83.9 Å². The molecule has 0 radical (unpaired) electrons. The summed E-state index contributed by atoms with van der Waals surface area (Å²) in [6, 6.07) is 17.6. The van der Waals surface area contributed by atoms with E-state index in [2.05, 4.69) is 4.98 Å². The molecule has 1 heterocycles. The predicted octanol–water partition coefficient (Wildman–Crippen LogP) is 2.17. The first-order chi connectivity index (χ1) is 16.2. The number of sulfonamides is 1. The molecule has 178 valence electrons. The first-order valence-corrected chi connectivity index (χ1v) is 11.9. The number of rotatable bonds is 10. The molecule has 2 N–H and O–H groups in total. The monoisotopic (exact) mass is 483 g/mol. The van der Waals surface area contributed by atoms with Gasteiger partial charge in [0.1, 0.15) is 6.04 Å². The fourth-order valence-corrected chi connectivity index (χ4v) is 4.57. The number of amides is 1. The summed E-state index contributed by atoms with van der Waals surface area (Å²) in [5, 5.41) is 10.9. The Hall–Kier alpha value is -3.67. The van der Waals surface area contributed by atoms with Gasteiger partial charge in [0.2, 0.25) is 5.91 Å². The first-order valence-electron chi connectivity index (χ1n) is 10.4. The highest BCUT2D eigenvalue weighted by Crippen LogP contribution is 2.21. The Morgan fingerprint density at radius 1 is 1.06 bits per heavy atom. The molecule has 0 saturated heterocycles. The van der Waals surface area contributed by atoms with E-state index in [1.54, 1.807) is 43.6 Å². The van der Waals surface area contributed by atoms with Crippen LogP contribution in [0.4, 0.5) is 5.69 Å². The lowest BCUT2D eigenvalue weighted by Gasteiger charge is -2.30. The molecule has 0 fully saturated rings. The average Bonchev–Trinajstić information content (AvgIpc) is 2.86. The summed E-state index contributed by atoms with van der Waals surface area (Å²) in [7, 11) is -2.74. The van der Waals surface area contributed by atoms with Crippen molar-refractivity contribution in [2.75, 3.05) is 13.6 Å². The fraction of sp³-hybridized carbons (Fsp3) is 0.217. The number of hydrazine groups is 1. The van der Waals surface area contributed by atoms with Crippen LogP contribution in [0, 0.1) is 10.1 Å². The van der Waals surface area contributed by atoms with Crippen LogP contribution >= 0.6 is 0 Å². The van der Waals surface area contributed by atoms with Crippen molar-refractivity contribution in [2.45, 2.75) is 23.8 Å². The van der Waals surface area contributed by atoms with E-state index in [-0.39, 0.29) is 17.0 Å². The fourth-order valence-electron chi connectivity index (χ4n) is 3.35. The number of non-ortho nitro benzene ring substituents is 1. The summed E-state index contributed by atoms with van der Waals surface area (Å²) in [6.07, 6.45) is 2.20. The van der Waals surface area contributed by atoms with Crippen LogP contribution in [0.2, 0.25) is 0 Å². The Labute approximate surface area is 197 Å². The van der Waals surface area contributed by atoms with Crippen LogP contribution in [-0.2, 0) is 27.7 Å². The molecule has 0 aliphatic rings. The molecule has 3 rings (SSSR count). The van der Waals surface area contributed by atoms with Crippen LogP contribution in [0.1, 0.15) is 11.3 Å². The Balaban J connectivity index is 1.86. The van der Waals surface area contributed by atoms with Crippen molar-refractivity contribution in [3.8, 4) is 0 Å². The minimum Gasteiger partial charge on any atom is -0.344 e. The standard InChI is InChI=1S/C23H25N5O5S/c1-26(16-14-19-9-5-6-15-25-19)23(29)22(17-18-7-3-2-4-8-18)27(24)34(32,33)21-12-10-20(11-13-21)28(30)31/h2-13,15,22H,14,16-17,24H2,1H3/t22-/m0/s1. The van der Waals surface area contributed by atoms with Gasteiger partial charge in [-0.3, -0.25) is 25.7 Å². The first kappa shape index (κ1) is 25.0. The third-order valence-electron chi connectivity index (χ3n) is 5.29. The molecule has 0 bridgehead atoms. The van der Waals surface area contributed by atoms with E-state index in [1.807, 2.05) is 18.2 Å². The second kappa shape index (κ2) is 11.0. The van der Waals surface area contributed by atoms with Gasteiger partial charge in [-0.1, -0.05) is 36.4 Å². The zero-order chi connectivity index (χ0) is 24.7. The molecule has 1 amide bonds. The molecule has 0 aliphatic heterocycles. The van der Waals surface area contributed by atoms with Gasteiger partial charge in [-0.25, -0.2) is 8.42 Å². The number of nitrogens with zero attached hydrogens (tertiary/aromatic N) is 4. The highest BCUT2D eigenvalue weighted by Gasteiger charge is 2.35. The van der Waals surface area contributed by atoms with Gasteiger partial charge in [-0.15, -0.1) is 4.41 Å². The lowest BCUT2D eigenvalue weighted by Crippen LogP contribution is -2.54. The summed E-state index contributed by atoms with van der Waals surface area (Å²) < 4.78 is 26.9. The molecule has 0 spiro atoms. The summed E-state index contributed by atoms with van der Waals surface area (Å²) in [5.74, 6) is 5.59. The van der Waals surface area contributed by atoms with E-state index in [4.69, 9.17) is 5.84 Å². The van der Waals surface area contributed by atoms with Gasteiger partial charge in [-0.2, -0.15) is 0 Å². The van der Waals surface area contributed by atoms with Crippen LogP contribution in [0.25, 0.3) is 0 Å². The maximum absolute atomic E-state index is 13.4. The highest BCUT2D eigenvalue weighted by atomic mass is 32.2. The average molecular weight is 484 g/mol. The third kappa shape index (κ3) is 6.01. The lowest BCUT2D eigenvalue weighted by atomic mass is 10.1. The number of hydrogen-bond donors (Lipinski definition) is 1. The molecule has 0 unspecified atom stereocenters. The Morgan fingerprint density at radius 3 is 2.29 bits per heavy atom. The van der Waals surface area contributed by atoms with Gasteiger partial charge in [-0.05, 0) is 36.2 Å². The number of aromatic nitrogens is 1. The number of hydrogen-bond acceptors (Lipinski definition) is 7. The number of nitro benzene ring substituents is 1. The normalized spacial score (nSPS) is 12.3. The van der Waals surface area contributed by atoms with E-state index in [9.17, 15) is 23.3 Å². The summed E-state index contributed by atoms with van der Waals surface area (Å²) in [4.78, 5) is 29.0. The van der Waals surface area contributed by atoms with Gasteiger partial charge in [0, 0.05) is 44.0 Å². The van der Waals surface area contributed by atoms with Crippen LogP contribution in [0.5, 0.6) is 0 Å². The van der Waals surface area contributed by atoms with E-state index >= 15 is 0 Å². The lowest BCUT2D eigenvalue weighted by molar-refractivity contribution is -0.384. The highest BCUT2D eigenvalue weighted by molar-refractivity contribution is 7.89. The van der Waals surface area contributed by atoms with Gasteiger partial charge in [0.25, 0.3) is 15.7 Å². The largest absolute Gasteiger partial charge is 0.344 e. The molecule has 11 heteroatoms. The number of nitrogens with two attached hydrogens (primary N) is 1. The second-order valence-corrected chi connectivity index (χ2v) is 9.47. The van der Waals surface area contributed by atoms with Crippen molar-refractivity contribution >= 4 is 21.6 Å². The molecule has 0 aliphatic carbocycles. The van der Waals surface area contributed by atoms with Crippen molar-refractivity contribution in [2.24, 2.45) is 5.84 Å². The predicted molar refractivity (Wildman–Crippen MR) is 126 cm³/mol. The molecule has 3 aromatic rings. The Kier molecular flexibility index (Phi) is 8.05. The van der Waals surface area contributed by atoms with Gasteiger partial charge in [0.15, 0.2) is 0 Å². The smallest absolute Gasteiger partial charge is 0.269 e. The van der Waals surface area contributed by atoms with E-state index < -0.39 is 26.9 Å². The van der Waals surface area contributed by atoms with E-state index in [0.29, 0.717) is 17.4 Å². The zero-order valence-corrected chi connectivity index (χ0v) is 19.3. The van der Waals surface area contributed by atoms with Crippen molar-refractivity contribution in [1.29, 1.82) is 0 Å². The van der Waals surface area contributed by atoms with Crippen molar-refractivity contribution < 1.29 is 18.1 Å². The second-order valence-electron chi connectivity index (χ2n) is 7.62. The molecule has 10 nitrogen and oxygen atoms in total. The van der Waals surface area contributed by atoms with Crippen molar-refractivity contribution in [3.05, 3.63) is 100 Å². The summed E-state index contributed by atoms with van der Waals surface area (Å²) in [6.45, 7) is 0.312. The molecule has 2 aromatic carbocycles. The maximum Gasteiger partial charge on any atom is 0.269 e. The number of carbonyl (C=O) groups is 1. The molecular formula is C23H25N5O5S. The van der Waals surface area contributed by atoms with Crippen LogP contribution in [0.3, 0.4) is 0 Å². The quantitative estimate of drug-likeness (QED) is 0.265. The SMILES string of the molecule is CN(CCc1ccccn1)C(=O)[C@H](Cc1ccccc1)N(N)S(=O)(=O)c1ccc([N+](=O)[O-])cc1. The van der Waals surface area contributed by atoms with Crippen LogP contribution in [-0.4, -0.2) is 53.2 Å². The Morgan fingerprint density at radius 2 is 1.71 bits per heavy atom. The molecule has 34 heavy (non-hydrogen) atoms. The maximum atomic E-state index is 13.4. The minimum absolute atomic E-state index is 0.0519. The van der Waals surface area contributed by atoms with E-state index in [0.717, 1.165) is 35.5 Å². The number of nitro groups is 1. The molecule has 1 atom stereocenters. The number of likely N-dealkylation sites (N-methyl/N-ethyl adjacent to an activating group) is 1. The minimum atomic E-state index is -4.32. The molecule has 1 aromatic heterocycles. The number of carbonyl (C=O) groups excluding carboxylic acids is 1. The third-order valence-corrected chi connectivity index (χ3v) is 6.97. The van der Waals surface area contributed by atoms with Crippen molar-refractivity contribution in [3.63, 3.8) is 0 Å². The number of pyridine rings is 1. The Bertz CT molecular complexity index is 1220. The number of benzene rings is 2. The van der Waals surface area contributed by atoms with Crippen LogP contribution < -0.4 is 5.84 Å². The summed E-state index contributed by atoms with van der Waals surface area (Å²) in [5.41, 5.74) is 1.27.